The first-order chi connectivity index (χ1) is 7.68. The zero-order valence-electron chi connectivity index (χ0n) is 9.09. The van der Waals surface area contributed by atoms with Crippen LogP contribution in [0.5, 0.6) is 0 Å². The van der Waals surface area contributed by atoms with Crippen molar-refractivity contribution in [3.05, 3.63) is 35.9 Å². The second kappa shape index (κ2) is 7.17. The van der Waals surface area contributed by atoms with Crippen LogP contribution in [0.25, 0.3) is 0 Å². The van der Waals surface area contributed by atoms with Crippen LogP contribution in [-0.2, 0) is 22.0 Å². The van der Waals surface area contributed by atoms with Gasteiger partial charge in [-0.3, -0.25) is 9.00 Å². The number of rotatable bonds is 7. The highest BCUT2D eigenvalue weighted by Gasteiger charge is 2.04. The fourth-order valence-electron chi connectivity index (χ4n) is 1.45. The monoisotopic (exact) mass is 240 g/mol. The van der Waals surface area contributed by atoms with Gasteiger partial charge in [0, 0.05) is 16.6 Å². The zero-order valence-corrected chi connectivity index (χ0v) is 9.91. The number of hydrogen-bond donors (Lipinski definition) is 1. The molecule has 0 aromatic heterocycles. The predicted molar refractivity (Wildman–Crippen MR) is 64.9 cm³/mol. The van der Waals surface area contributed by atoms with Crippen LogP contribution in [0.1, 0.15) is 18.4 Å². The van der Waals surface area contributed by atoms with Crippen molar-refractivity contribution in [2.24, 2.45) is 0 Å². The molecule has 0 unspecified atom stereocenters. The van der Waals surface area contributed by atoms with Crippen molar-refractivity contribution in [2.45, 2.75) is 19.3 Å². The second-order valence-electron chi connectivity index (χ2n) is 3.62. The second-order valence-corrected chi connectivity index (χ2v) is 5.20. The predicted octanol–water partition coefficient (Wildman–Crippen LogP) is 1.84. The molecule has 0 fully saturated rings. The van der Waals surface area contributed by atoms with Gasteiger partial charge in [0.25, 0.3) is 0 Å². The zero-order chi connectivity index (χ0) is 11.8. The molecule has 16 heavy (non-hydrogen) atoms. The molecule has 0 spiro atoms. The van der Waals surface area contributed by atoms with Gasteiger partial charge in [-0.15, -0.1) is 0 Å². The van der Waals surface area contributed by atoms with Crippen LogP contribution in [0, 0.1) is 0 Å². The lowest BCUT2D eigenvalue weighted by Crippen LogP contribution is -2.11. The van der Waals surface area contributed by atoms with Crippen LogP contribution in [0.3, 0.4) is 0 Å². The lowest BCUT2D eigenvalue weighted by Gasteiger charge is -2.01. The Morgan fingerprint density at radius 1 is 1.19 bits per heavy atom. The van der Waals surface area contributed by atoms with Crippen molar-refractivity contribution < 1.29 is 14.1 Å². The van der Waals surface area contributed by atoms with E-state index in [0.717, 1.165) is 19.3 Å². The minimum absolute atomic E-state index is 0.231. The van der Waals surface area contributed by atoms with Gasteiger partial charge >= 0.3 is 5.97 Å². The highest BCUT2D eigenvalue weighted by molar-refractivity contribution is 7.85. The van der Waals surface area contributed by atoms with Gasteiger partial charge < -0.3 is 5.11 Å². The SMILES string of the molecule is O=C(O)C[S@](=O)CCCCc1ccccc1. The third-order valence-electron chi connectivity index (χ3n) is 2.21. The molecule has 1 aromatic carbocycles. The van der Waals surface area contributed by atoms with Gasteiger partial charge in [-0.25, -0.2) is 0 Å². The summed E-state index contributed by atoms with van der Waals surface area (Å²) in [7, 11) is -1.21. The highest BCUT2D eigenvalue weighted by Crippen LogP contribution is 2.04. The third kappa shape index (κ3) is 5.66. The summed E-state index contributed by atoms with van der Waals surface area (Å²) < 4.78 is 11.2. The molecular weight excluding hydrogens is 224 g/mol. The molecular formula is C12H16O3S. The van der Waals surface area contributed by atoms with E-state index in [2.05, 4.69) is 12.1 Å². The molecule has 0 aliphatic heterocycles. The van der Waals surface area contributed by atoms with Crippen LogP contribution < -0.4 is 0 Å². The minimum Gasteiger partial charge on any atom is -0.481 e. The van der Waals surface area contributed by atoms with E-state index in [9.17, 15) is 9.00 Å². The quantitative estimate of drug-likeness (QED) is 0.740. The molecule has 1 aromatic rings. The van der Waals surface area contributed by atoms with E-state index in [-0.39, 0.29) is 5.75 Å². The molecule has 1 atom stereocenters. The standard InChI is InChI=1S/C12H16O3S/c13-12(14)10-16(15)9-5-4-8-11-6-2-1-3-7-11/h1-3,6-7H,4-5,8-10H2,(H,13,14)/t16-/m1/s1. The Morgan fingerprint density at radius 3 is 2.50 bits per heavy atom. The van der Waals surface area contributed by atoms with Crippen molar-refractivity contribution in [3.63, 3.8) is 0 Å². The molecule has 1 N–H and O–H groups in total. The average Bonchev–Trinajstić information content (AvgIpc) is 2.25. The first kappa shape index (κ1) is 12.9. The Balaban J connectivity index is 2.13. The van der Waals surface area contributed by atoms with Gasteiger partial charge in [0.15, 0.2) is 0 Å². The van der Waals surface area contributed by atoms with E-state index >= 15 is 0 Å². The number of carboxylic acid groups (broad SMARTS) is 1. The minimum atomic E-state index is -1.21. The van der Waals surface area contributed by atoms with E-state index in [1.54, 1.807) is 0 Å². The molecule has 0 saturated heterocycles. The molecule has 0 saturated carbocycles. The number of hydrogen-bond acceptors (Lipinski definition) is 2. The molecule has 0 aliphatic rings. The summed E-state index contributed by atoms with van der Waals surface area (Å²) in [5.41, 5.74) is 1.27. The fourth-order valence-corrected chi connectivity index (χ4v) is 2.39. The van der Waals surface area contributed by atoms with Gasteiger partial charge in [0.2, 0.25) is 0 Å². The Morgan fingerprint density at radius 2 is 1.88 bits per heavy atom. The number of aliphatic carboxylic acids is 1. The molecule has 3 nitrogen and oxygen atoms in total. The lowest BCUT2D eigenvalue weighted by atomic mass is 10.1. The van der Waals surface area contributed by atoms with Crippen LogP contribution in [0.2, 0.25) is 0 Å². The molecule has 88 valence electrons. The molecule has 0 amide bonds. The first-order valence-corrected chi connectivity index (χ1v) is 6.78. The number of benzene rings is 1. The summed E-state index contributed by atoms with van der Waals surface area (Å²) in [5, 5.41) is 8.43. The van der Waals surface area contributed by atoms with Gasteiger partial charge in [0.1, 0.15) is 5.75 Å². The van der Waals surface area contributed by atoms with Crippen molar-refractivity contribution in [1.29, 1.82) is 0 Å². The van der Waals surface area contributed by atoms with E-state index in [1.807, 2.05) is 18.2 Å². The first-order valence-electron chi connectivity index (χ1n) is 5.29. The van der Waals surface area contributed by atoms with Crippen LogP contribution in [0.4, 0.5) is 0 Å². The molecule has 0 heterocycles. The third-order valence-corrected chi connectivity index (χ3v) is 3.53. The summed E-state index contributed by atoms with van der Waals surface area (Å²) in [6.07, 6.45) is 2.73. The number of carbonyl (C=O) groups is 1. The molecule has 0 bridgehead atoms. The van der Waals surface area contributed by atoms with Gasteiger partial charge in [0.05, 0.1) is 0 Å². The van der Waals surface area contributed by atoms with E-state index in [4.69, 9.17) is 5.11 Å². The summed E-state index contributed by atoms with van der Waals surface area (Å²) in [6.45, 7) is 0. The van der Waals surface area contributed by atoms with Crippen molar-refractivity contribution >= 4 is 16.8 Å². The Hall–Kier alpha value is -1.16. The Labute approximate surface area is 98.0 Å². The number of carboxylic acids is 1. The smallest absolute Gasteiger partial charge is 0.316 e. The molecule has 0 radical (unpaired) electrons. The molecule has 1 rings (SSSR count). The van der Waals surface area contributed by atoms with Crippen molar-refractivity contribution in [2.75, 3.05) is 11.5 Å². The largest absolute Gasteiger partial charge is 0.481 e. The highest BCUT2D eigenvalue weighted by atomic mass is 32.2. The topological polar surface area (TPSA) is 54.4 Å². The van der Waals surface area contributed by atoms with Crippen molar-refractivity contribution in [1.82, 2.24) is 0 Å². The summed E-state index contributed by atoms with van der Waals surface area (Å²) >= 11 is 0. The normalized spacial score (nSPS) is 12.2. The number of aryl methyl sites for hydroxylation is 1. The van der Waals surface area contributed by atoms with E-state index in [1.165, 1.54) is 5.56 Å². The maximum absolute atomic E-state index is 11.2. The molecule has 0 aliphatic carbocycles. The maximum atomic E-state index is 11.2. The van der Waals surface area contributed by atoms with Gasteiger partial charge in [-0.05, 0) is 24.8 Å². The summed E-state index contributed by atoms with van der Waals surface area (Å²) in [5.74, 6) is -0.730. The van der Waals surface area contributed by atoms with Crippen LogP contribution in [0.15, 0.2) is 30.3 Å². The maximum Gasteiger partial charge on any atom is 0.316 e. The Kier molecular flexibility index (Phi) is 5.78. The Bertz CT molecular complexity index is 349. The number of unbranched alkanes of at least 4 members (excludes halogenated alkanes) is 1. The lowest BCUT2D eigenvalue weighted by molar-refractivity contribution is -0.133. The van der Waals surface area contributed by atoms with Gasteiger partial charge in [-0.1, -0.05) is 30.3 Å². The van der Waals surface area contributed by atoms with E-state index < -0.39 is 16.8 Å². The molecule has 4 heteroatoms. The van der Waals surface area contributed by atoms with Gasteiger partial charge in [-0.2, -0.15) is 0 Å². The van der Waals surface area contributed by atoms with E-state index in [0.29, 0.717) is 5.75 Å². The van der Waals surface area contributed by atoms with Crippen molar-refractivity contribution in [3.8, 4) is 0 Å². The summed E-state index contributed by atoms with van der Waals surface area (Å²) in [6, 6.07) is 10.1. The average molecular weight is 240 g/mol. The fraction of sp³-hybridized carbons (Fsp3) is 0.417. The van der Waals surface area contributed by atoms with Crippen LogP contribution in [-0.4, -0.2) is 26.8 Å². The van der Waals surface area contributed by atoms with Crippen LogP contribution >= 0.6 is 0 Å². The summed E-state index contributed by atoms with van der Waals surface area (Å²) in [4.78, 5) is 10.3.